The summed E-state index contributed by atoms with van der Waals surface area (Å²) >= 11 is 5.86. The van der Waals surface area contributed by atoms with Crippen molar-refractivity contribution in [1.82, 2.24) is 19.8 Å². The molecule has 3 N–H and O–H groups in total. The zero-order valence-corrected chi connectivity index (χ0v) is 12.9. The molecule has 0 bridgehead atoms. The highest BCUT2D eigenvalue weighted by molar-refractivity contribution is 6.29. The second kappa shape index (κ2) is 7.06. The van der Waals surface area contributed by atoms with Gasteiger partial charge in [-0.1, -0.05) is 18.5 Å². The molecule has 1 aromatic rings. The van der Waals surface area contributed by atoms with E-state index >= 15 is 0 Å². The minimum Gasteiger partial charge on any atom is -0.368 e. The molecule has 0 saturated carbocycles. The van der Waals surface area contributed by atoms with Crippen molar-refractivity contribution >= 4 is 23.4 Å². The van der Waals surface area contributed by atoms with E-state index in [1.165, 1.54) is 0 Å². The van der Waals surface area contributed by atoms with E-state index in [0.717, 1.165) is 39.3 Å². The molecule has 2 rings (SSSR count). The lowest BCUT2D eigenvalue weighted by atomic mass is 10.2. The molecule has 6 nitrogen and oxygen atoms in total. The van der Waals surface area contributed by atoms with E-state index in [9.17, 15) is 0 Å². The van der Waals surface area contributed by atoms with Gasteiger partial charge in [0.2, 0.25) is 5.95 Å². The van der Waals surface area contributed by atoms with Crippen LogP contribution in [0, 0.1) is 0 Å². The maximum absolute atomic E-state index is 5.86. The van der Waals surface area contributed by atoms with Crippen molar-refractivity contribution in [3.8, 4) is 0 Å². The third-order valence-electron chi connectivity index (χ3n) is 3.77. The Balaban J connectivity index is 1.81. The Morgan fingerprint density at radius 1 is 1.35 bits per heavy atom. The molecule has 7 heteroatoms. The first-order valence-electron chi connectivity index (χ1n) is 7.09. The van der Waals surface area contributed by atoms with Crippen LogP contribution in [0.2, 0.25) is 5.15 Å². The minimum atomic E-state index is 0.198. The van der Waals surface area contributed by atoms with Gasteiger partial charge in [0.25, 0.3) is 0 Å². The van der Waals surface area contributed by atoms with Gasteiger partial charge in [-0.15, -0.1) is 0 Å². The van der Waals surface area contributed by atoms with E-state index in [0.29, 0.717) is 17.0 Å². The van der Waals surface area contributed by atoms with E-state index in [1.807, 2.05) is 0 Å². The third kappa shape index (κ3) is 4.19. The Morgan fingerprint density at radius 2 is 2.05 bits per heavy atom. The highest BCUT2D eigenvalue weighted by Crippen LogP contribution is 2.13. The van der Waals surface area contributed by atoms with E-state index in [1.54, 1.807) is 6.07 Å². The lowest BCUT2D eigenvalue weighted by Crippen LogP contribution is -2.51. The van der Waals surface area contributed by atoms with E-state index < -0.39 is 0 Å². The van der Waals surface area contributed by atoms with Crippen molar-refractivity contribution in [3.05, 3.63) is 11.2 Å². The average molecular weight is 299 g/mol. The van der Waals surface area contributed by atoms with Crippen LogP contribution in [0.1, 0.15) is 13.8 Å². The van der Waals surface area contributed by atoms with Gasteiger partial charge < -0.3 is 16.0 Å². The number of anilines is 2. The standard InChI is InChI=1S/C13H23ClN6/c1-3-19-4-6-20(7-5-19)10(2)9-16-12-8-11(14)17-13(15)18-12/h8,10H,3-7,9H2,1-2H3,(H3,15,16,17,18). The van der Waals surface area contributed by atoms with Crippen molar-refractivity contribution in [1.29, 1.82) is 0 Å². The molecule has 0 radical (unpaired) electrons. The van der Waals surface area contributed by atoms with E-state index in [-0.39, 0.29) is 5.95 Å². The molecule has 1 unspecified atom stereocenters. The summed E-state index contributed by atoms with van der Waals surface area (Å²) in [5, 5.41) is 3.64. The van der Waals surface area contributed by atoms with Crippen LogP contribution in [0.4, 0.5) is 11.8 Å². The lowest BCUT2D eigenvalue weighted by Gasteiger charge is -2.37. The number of likely N-dealkylation sites (N-methyl/N-ethyl adjacent to an activating group) is 1. The SMILES string of the molecule is CCN1CCN(C(C)CNc2cc(Cl)nc(N)n2)CC1. The highest BCUT2D eigenvalue weighted by atomic mass is 35.5. The average Bonchev–Trinajstić information content (AvgIpc) is 2.44. The fourth-order valence-electron chi connectivity index (χ4n) is 2.43. The zero-order valence-electron chi connectivity index (χ0n) is 12.1. The Hall–Kier alpha value is -1.11. The molecule has 1 atom stereocenters. The van der Waals surface area contributed by atoms with Gasteiger partial charge in [-0.05, 0) is 13.5 Å². The number of piperazine rings is 1. The Bertz CT molecular complexity index is 413. The number of hydrogen-bond donors (Lipinski definition) is 2. The maximum Gasteiger partial charge on any atom is 0.223 e. The number of aromatic nitrogens is 2. The number of nitrogen functional groups attached to an aromatic ring is 1. The normalized spacial score (nSPS) is 18.9. The largest absolute Gasteiger partial charge is 0.368 e. The molecule has 0 aliphatic carbocycles. The Morgan fingerprint density at radius 3 is 2.65 bits per heavy atom. The molecule has 112 valence electrons. The van der Waals surface area contributed by atoms with Gasteiger partial charge in [-0.25, -0.2) is 4.98 Å². The Labute approximate surface area is 125 Å². The predicted molar refractivity (Wildman–Crippen MR) is 83.1 cm³/mol. The van der Waals surface area contributed by atoms with Gasteiger partial charge in [0.05, 0.1) is 0 Å². The molecule has 20 heavy (non-hydrogen) atoms. The first-order chi connectivity index (χ1) is 9.58. The van der Waals surface area contributed by atoms with Crippen molar-refractivity contribution < 1.29 is 0 Å². The lowest BCUT2D eigenvalue weighted by molar-refractivity contribution is 0.110. The van der Waals surface area contributed by atoms with Crippen molar-refractivity contribution in [2.75, 3.05) is 50.3 Å². The van der Waals surface area contributed by atoms with Crippen LogP contribution in [0.25, 0.3) is 0 Å². The van der Waals surface area contributed by atoms with Crippen molar-refractivity contribution in [3.63, 3.8) is 0 Å². The summed E-state index contributed by atoms with van der Waals surface area (Å²) in [6, 6.07) is 2.14. The summed E-state index contributed by atoms with van der Waals surface area (Å²) in [6.07, 6.45) is 0. The zero-order chi connectivity index (χ0) is 14.5. The molecule has 1 aliphatic heterocycles. The molecule has 0 spiro atoms. The molecular weight excluding hydrogens is 276 g/mol. The smallest absolute Gasteiger partial charge is 0.223 e. The number of hydrogen-bond acceptors (Lipinski definition) is 6. The van der Waals surface area contributed by atoms with Gasteiger partial charge in [0.1, 0.15) is 11.0 Å². The van der Waals surface area contributed by atoms with Crippen LogP contribution in [-0.4, -0.2) is 65.1 Å². The van der Waals surface area contributed by atoms with Crippen LogP contribution in [0.15, 0.2) is 6.07 Å². The summed E-state index contributed by atoms with van der Waals surface area (Å²) in [4.78, 5) is 12.9. The summed E-state index contributed by atoms with van der Waals surface area (Å²) in [5.74, 6) is 0.880. The quantitative estimate of drug-likeness (QED) is 0.795. The fourth-order valence-corrected chi connectivity index (χ4v) is 2.62. The topological polar surface area (TPSA) is 70.3 Å². The molecule has 1 aromatic heterocycles. The summed E-state index contributed by atoms with van der Waals surface area (Å²) in [6.45, 7) is 10.9. The van der Waals surface area contributed by atoms with Gasteiger partial charge >= 0.3 is 0 Å². The van der Waals surface area contributed by atoms with Crippen molar-refractivity contribution in [2.45, 2.75) is 19.9 Å². The number of nitrogens with two attached hydrogens (primary N) is 1. The highest BCUT2D eigenvalue weighted by Gasteiger charge is 2.19. The molecule has 1 saturated heterocycles. The minimum absolute atomic E-state index is 0.198. The van der Waals surface area contributed by atoms with Crippen LogP contribution in [0.5, 0.6) is 0 Å². The number of halogens is 1. The second-order valence-electron chi connectivity index (χ2n) is 5.13. The third-order valence-corrected chi connectivity index (χ3v) is 3.96. The second-order valence-corrected chi connectivity index (χ2v) is 5.52. The predicted octanol–water partition coefficient (Wildman–Crippen LogP) is 1.15. The number of nitrogens with zero attached hydrogens (tertiary/aromatic N) is 4. The summed E-state index contributed by atoms with van der Waals surface area (Å²) < 4.78 is 0. The van der Waals surface area contributed by atoms with Crippen LogP contribution >= 0.6 is 11.6 Å². The van der Waals surface area contributed by atoms with Gasteiger partial charge in [0.15, 0.2) is 0 Å². The molecule has 1 aliphatic rings. The number of nitrogens with one attached hydrogen (secondary N) is 1. The number of rotatable bonds is 5. The first-order valence-corrected chi connectivity index (χ1v) is 7.46. The van der Waals surface area contributed by atoms with Crippen LogP contribution in [0.3, 0.4) is 0 Å². The maximum atomic E-state index is 5.86. The van der Waals surface area contributed by atoms with E-state index in [4.69, 9.17) is 17.3 Å². The molecule has 0 aromatic carbocycles. The van der Waals surface area contributed by atoms with Crippen LogP contribution < -0.4 is 11.1 Å². The van der Waals surface area contributed by atoms with Gasteiger partial charge in [-0.3, -0.25) is 4.90 Å². The summed E-state index contributed by atoms with van der Waals surface area (Å²) in [5.41, 5.74) is 5.58. The molecule has 2 heterocycles. The molecule has 0 amide bonds. The summed E-state index contributed by atoms with van der Waals surface area (Å²) in [7, 11) is 0. The van der Waals surface area contributed by atoms with Gasteiger partial charge in [0, 0.05) is 44.8 Å². The molecule has 1 fully saturated rings. The fraction of sp³-hybridized carbons (Fsp3) is 0.692. The van der Waals surface area contributed by atoms with Gasteiger partial charge in [-0.2, -0.15) is 4.98 Å². The first kappa shape index (κ1) is 15.3. The Kier molecular flexibility index (Phi) is 5.39. The van der Waals surface area contributed by atoms with Crippen LogP contribution in [-0.2, 0) is 0 Å². The monoisotopic (exact) mass is 298 g/mol. The molecular formula is C13H23ClN6. The van der Waals surface area contributed by atoms with Crippen molar-refractivity contribution in [2.24, 2.45) is 0 Å². The van der Waals surface area contributed by atoms with E-state index in [2.05, 4.69) is 38.9 Å².